The molecular weight excluding hydrogens is 351 g/mol. The number of H-pyrrole nitrogens is 1. The summed E-state index contributed by atoms with van der Waals surface area (Å²) >= 11 is 12.0. The number of pyridine rings is 1. The molecule has 0 unspecified atom stereocenters. The van der Waals surface area contributed by atoms with Gasteiger partial charge in [0.05, 0.1) is 21.2 Å². The summed E-state index contributed by atoms with van der Waals surface area (Å²) in [5.74, 6) is -0.0329. The highest BCUT2D eigenvalue weighted by molar-refractivity contribution is 6.36. The highest BCUT2D eigenvalue weighted by Gasteiger charge is 2.18. The van der Waals surface area contributed by atoms with Crippen LogP contribution in [0.15, 0.2) is 41.2 Å². The van der Waals surface area contributed by atoms with E-state index in [1.807, 2.05) is 18.2 Å². The quantitative estimate of drug-likeness (QED) is 0.484. The van der Waals surface area contributed by atoms with Crippen LogP contribution in [0.4, 0.5) is 5.82 Å². The lowest BCUT2D eigenvalue weighted by atomic mass is 10.1. The lowest BCUT2D eigenvalue weighted by Gasteiger charge is -2.08. The van der Waals surface area contributed by atoms with E-state index in [1.165, 1.54) is 16.8 Å². The van der Waals surface area contributed by atoms with E-state index in [4.69, 9.17) is 28.9 Å². The molecule has 0 fully saturated rings. The molecule has 4 rings (SSSR count). The van der Waals surface area contributed by atoms with Crippen molar-refractivity contribution in [3.05, 3.63) is 56.8 Å². The number of nitrogen functional groups attached to an aromatic ring is 1. The van der Waals surface area contributed by atoms with Crippen LogP contribution >= 0.6 is 23.2 Å². The maximum absolute atomic E-state index is 12.4. The van der Waals surface area contributed by atoms with Gasteiger partial charge in [-0.15, -0.1) is 0 Å². The van der Waals surface area contributed by atoms with E-state index in [1.54, 1.807) is 6.07 Å². The Labute approximate surface area is 145 Å². The molecule has 0 saturated heterocycles. The summed E-state index contributed by atoms with van der Waals surface area (Å²) in [5.41, 5.74) is 7.22. The minimum Gasteiger partial charge on any atom is -0.506 e. The van der Waals surface area contributed by atoms with Gasteiger partial charge in [0, 0.05) is 11.5 Å². The predicted molar refractivity (Wildman–Crippen MR) is 95.3 cm³/mol. The van der Waals surface area contributed by atoms with Crippen molar-refractivity contribution in [2.45, 2.75) is 0 Å². The molecule has 0 aliphatic carbocycles. The van der Waals surface area contributed by atoms with E-state index < -0.39 is 0 Å². The fourth-order valence-corrected chi connectivity index (χ4v) is 3.16. The molecule has 0 amide bonds. The number of nitrogens with two attached hydrogens (primary N) is 1. The SMILES string of the molecule is Nc1c2c(=O)[nH]c3ccccc3c2nn1-c1cc(O)c(Cl)cc1Cl. The van der Waals surface area contributed by atoms with Crippen molar-refractivity contribution >= 4 is 50.8 Å². The van der Waals surface area contributed by atoms with Gasteiger partial charge in [0.2, 0.25) is 0 Å². The monoisotopic (exact) mass is 360 g/mol. The van der Waals surface area contributed by atoms with Gasteiger partial charge in [0.25, 0.3) is 5.56 Å². The van der Waals surface area contributed by atoms with Crippen LogP contribution in [0, 0.1) is 0 Å². The van der Waals surface area contributed by atoms with E-state index in [0.717, 1.165) is 5.39 Å². The molecule has 2 aromatic carbocycles. The average Bonchev–Trinajstić information content (AvgIpc) is 2.89. The Balaban J connectivity index is 2.14. The zero-order valence-corrected chi connectivity index (χ0v) is 13.6. The molecular formula is C16H10Cl2N4O2. The van der Waals surface area contributed by atoms with Crippen molar-refractivity contribution in [2.24, 2.45) is 0 Å². The summed E-state index contributed by atoms with van der Waals surface area (Å²) in [7, 11) is 0. The lowest BCUT2D eigenvalue weighted by Crippen LogP contribution is -2.08. The molecule has 2 heterocycles. The fourth-order valence-electron chi connectivity index (χ4n) is 2.70. The van der Waals surface area contributed by atoms with E-state index in [2.05, 4.69) is 10.1 Å². The van der Waals surface area contributed by atoms with Gasteiger partial charge in [0.15, 0.2) is 0 Å². The second-order valence-electron chi connectivity index (χ2n) is 5.28. The second-order valence-corrected chi connectivity index (χ2v) is 6.09. The van der Waals surface area contributed by atoms with E-state index >= 15 is 0 Å². The van der Waals surface area contributed by atoms with Crippen LogP contribution < -0.4 is 11.3 Å². The zero-order valence-electron chi connectivity index (χ0n) is 12.0. The lowest BCUT2D eigenvalue weighted by molar-refractivity contribution is 0.475. The Morgan fingerprint density at radius 3 is 2.71 bits per heavy atom. The molecule has 0 radical (unpaired) electrons. The molecule has 0 saturated carbocycles. The van der Waals surface area contributed by atoms with Crippen LogP contribution in [-0.4, -0.2) is 19.9 Å². The maximum Gasteiger partial charge on any atom is 0.261 e. The maximum atomic E-state index is 12.4. The Hall–Kier alpha value is -2.70. The largest absolute Gasteiger partial charge is 0.506 e. The first-order valence-electron chi connectivity index (χ1n) is 6.95. The highest BCUT2D eigenvalue weighted by Crippen LogP contribution is 2.34. The van der Waals surface area contributed by atoms with Crippen molar-refractivity contribution in [2.75, 3.05) is 5.73 Å². The number of nitrogens with zero attached hydrogens (tertiary/aromatic N) is 2. The average molecular weight is 361 g/mol. The van der Waals surface area contributed by atoms with Gasteiger partial charge < -0.3 is 15.8 Å². The molecule has 0 aliphatic rings. The van der Waals surface area contributed by atoms with Crippen LogP contribution in [0.5, 0.6) is 5.75 Å². The number of aromatic hydroxyl groups is 1. The Morgan fingerprint density at radius 2 is 1.92 bits per heavy atom. The smallest absolute Gasteiger partial charge is 0.261 e. The third-order valence-electron chi connectivity index (χ3n) is 3.82. The molecule has 0 aliphatic heterocycles. The van der Waals surface area contributed by atoms with Gasteiger partial charge >= 0.3 is 0 Å². The highest BCUT2D eigenvalue weighted by atomic mass is 35.5. The molecule has 24 heavy (non-hydrogen) atoms. The Kier molecular flexibility index (Phi) is 3.19. The summed E-state index contributed by atoms with van der Waals surface area (Å²) in [6, 6.07) is 10.0. The van der Waals surface area contributed by atoms with Crippen molar-refractivity contribution in [3.8, 4) is 11.4 Å². The molecule has 0 atom stereocenters. The van der Waals surface area contributed by atoms with Crippen molar-refractivity contribution in [3.63, 3.8) is 0 Å². The number of benzene rings is 2. The summed E-state index contributed by atoms with van der Waals surface area (Å²) < 4.78 is 1.32. The molecule has 8 heteroatoms. The van der Waals surface area contributed by atoms with Crippen LogP contribution in [0.1, 0.15) is 0 Å². The molecule has 4 aromatic rings. The van der Waals surface area contributed by atoms with Crippen LogP contribution in [0.25, 0.3) is 27.5 Å². The number of para-hydroxylation sites is 1. The van der Waals surface area contributed by atoms with Crippen LogP contribution in [0.2, 0.25) is 10.0 Å². The van der Waals surface area contributed by atoms with Gasteiger partial charge in [-0.3, -0.25) is 4.79 Å². The van der Waals surface area contributed by atoms with Crippen molar-refractivity contribution < 1.29 is 5.11 Å². The Morgan fingerprint density at radius 1 is 1.17 bits per heavy atom. The molecule has 6 nitrogen and oxygen atoms in total. The standard InChI is InChI=1S/C16H10Cl2N4O2/c17-8-5-9(18)12(23)6-11(8)22-15(19)13-14(21-22)7-3-1-2-4-10(7)20-16(13)24/h1-6,23H,19H2,(H,20,24). The van der Waals surface area contributed by atoms with Crippen molar-refractivity contribution in [1.82, 2.24) is 14.8 Å². The Bertz CT molecular complexity index is 1180. The molecule has 120 valence electrons. The number of halogens is 2. The van der Waals surface area contributed by atoms with Crippen LogP contribution in [-0.2, 0) is 0 Å². The fraction of sp³-hybridized carbons (Fsp3) is 0. The molecule has 0 bridgehead atoms. The van der Waals surface area contributed by atoms with Gasteiger partial charge in [0.1, 0.15) is 22.5 Å². The zero-order chi connectivity index (χ0) is 17.0. The number of aromatic nitrogens is 3. The van der Waals surface area contributed by atoms with Gasteiger partial charge in [-0.05, 0) is 12.1 Å². The third kappa shape index (κ3) is 2.04. The summed E-state index contributed by atoms with van der Waals surface area (Å²) in [6.07, 6.45) is 0. The minimum atomic E-state index is -0.346. The summed E-state index contributed by atoms with van der Waals surface area (Å²) in [5, 5.41) is 15.7. The molecule has 4 N–H and O–H groups in total. The topological polar surface area (TPSA) is 96.9 Å². The molecule has 2 aromatic heterocycles. The number of rotatable bonds is 1. The number of hydrogen-bond donors (Lipinski definition) is 3. The number of phenolic OH excluding ortho intramolecular Hbond substituents is 1. The first-order chi connectivity index (χ1) is 11.5. The number of fused-ring (bicyclic) bond motifs is 3. The van der Waals surface area contributed by atoms with E-state index in [9.17, 15) is 9.90 Å². The third-order valence-corrected chi connectivity index (χ3v) is 4.43. The van der Waals surface area contributed by atoms with Gasteiger partial charge in [-0.1, -0.05) is 41.4 Å². The summed E-state index contributed by atoms with van der Waals surface area (Å²) in [6.45, 7) is 0. The number of anilines is 1. The number of hydrogen-bond acceptors (Lipinski definition) is 4. The number of phenols is 1. The predicted octanol–water partition coefficient (Wildman–Crippen LogP) is 3.46. The minimum absolute atomic E-state index is 0.113. The normalized spacial score (nSPS) is 11.4. The first kappa shape index (κ1) is 14.9. The first-order valence-corrected chi connectivity index (χ1v) is 7.70. The van der Waals surface area contributed by atoms with Gasteiger partial charge in [-0.25, -0.2) is 4.68 Å². The molecule has 0 spiro atoms. The van der Waals surface area contributed by atoms with Crippen LogP contribution in [0.3, 0.4) is 0 Å². The van der Waals surface area contributed by atoms with E-state index in [-0.39, 0.29) is 32.6 Å². The second kappa shape index (κ2) is 5.15. The van der Waals surface area contributed by atoms with Gasteiger partial charge in [-0.2, -0.15) is 5.10 Å². The number of aromatic amines is 1. The summed E-state index contributed by atoms with van der Waals surface area (Å²) in [4.78, 5) is 15.2. The number of nitrogens with one attached hydrogen (secondary N) is 1. The van der Waals surface area contributed by atoms with Crippen molar-refractivity contribution in [1.29, 1.82) is 0 Å². The van der Waals surface area contributed by atoms with E-state index in [0.29, 0.717) is 16.7 Å².